The monoisotopic (exact) mass is 320 g/mol. The molecule has 3 heteroatoms. The van der Waals surface area contributed by atoms with Crippen LogP contribution in [0.3, 0.4) is 0 Å². The van der Waals surface area contributed by atoms with Gasteiger partial charge in [0.1, 0.15) is 0 Å². The molecule has 0 amide bonds. The van der Waals surface area contributed by atoms with Crippen molar-refractivity contribution in [2.75, 3.05) is 4.43 Å². The number of hydrogen-bond donors (Lipinski definition) is 0. The Morgan fingerprint density at radius 3 is 2.85 bits per heavy atom. The first-order chi connectivity index (χ1) is 6.17. The molecule has 0 nitrogen and oxygen atoms in total. The zero-order valence-electron chi connectivity index (χ0n) is 7.21. The lowest BCUT2D eigenvalue weighted by Gasteiger charge is -2.20. The van der Waals surface area contributed by atoms with Crippen LogP contribution in [0.1, 0.15) is 18.1 Å². The van der Waals surface area contributed by atoms with E-state index < -0.39 is 0 Å². The van der Waals surface area contributed by atoms with Crippen LogP contribution >= 0.6 is 46.6 Å². The summed E-state index contributed by atoms with van der Waals surface area (Å²) in [6.45, 7) is 2.27. The summed E-state index contributed by atoms with van der Waals surface area (Å²) in [5, 5.41) is 0. The number of halogens is 1. The van der Waals surface area contributed by atoms with Gasteiger partial charge in [0.25, 0.3) is 0 Å². The first kappa shape index (κ1) is 9.93. The van der Waals surface area contributed by atoms with Crippen molar-refractivity contribution in [3.63, 3.8) is 0 Å². The summed E-state index contributed by atoms with van der Waals surface area (Å²) in [7, 11) is 0. The minimum Gasteiger partial charge on any atom is -0.102 e. The van der Waals surface area contributed by atoms with Crippen molar-refractivity contribution in [3.05, 3.63) is 35.4 Å². The molecule has 0 radical (unpaired) electrons. The van der Waals surface area contributed by atoms with Crippen molar-refractivity contribution in [1.29, 1.82) is 0 Å². The van der Waals surface area contributed by atoms with Crippen LogP contribution in [0.5, 0.6) is 0 Å². The van der Waals surface area contributed by atoms with E-state index in [4.69, 9.17) is 12.2 Å². The molecule has 0 bridgehead atoms. The normalized spacial score (nSPS) is 26.2. The molecule has 1 heterocycles. The summed E-state index contributed by atoms with van der Waals surface area (Å²) in [4.78, 5) is 0. The largest absolute Gasteiger partial charge is 0.102 e. The third-order valence-electron chi connectivity index (χ3n) is 2.29. The Labute approximate surface area is 102 Å². The van der Waals surface area contributed by atoms with Gasteiger partial charge in [-0.1, -0.05) is 59.1 Å². The Hall–Kier alpha value is 0.390. The quantitative estimate of drug-likeness (QED) is 0.439. The van der Waals surface area contributed by atoms with Crippen LogP contribution in [0.2, 0.25) is 0 Å². The molecule has 0 N–H and O–H groups in total. The second-order valence-corrected chi connectivity index (χ2v) is 6.24. The highest BCUT2D eigenvalue weighted by Crippen LogP contribution is 2.48. The lowest BCUT2D eigenvalue weighted by molar-refractivity contribution is 0.821. The third kappa shape index (κ3) is 1.55. The van der Waals surface area contributed by atoms with Crippen LogP contribution in [-0.4, -0.2) is 8.62 Å². The van der Waals surface area contributed by atoms with E-state index >= 15 is 0 Å². The standard InChI is InChI=1S/C10H9IS2/c1-10(6-11)8-5-3-2-4-7(8)9(12)13-10/h2-5H,6H2,1H3. The maximum Gasteiger partial charge on any atom is 0.0790 e. The molecule has 1 unspecified atom stereocenters. The molecule has 2 rings (SSSR count). The number of thioether (sulfide) groups is 1. The van der Waals surface area contributed by atoms with Crippen molar-refractivity contribution in [1.82, 2.24) is 0 Å². The number of rotatable bonds is 1. The molecule has 68 valence electrons. The fourth-order valence-electron chi connectivity index (χ4n) is 1.54. The summed E-state index contributed by atoms with van der Waals surface area (Å²) < 4.78 is 2.36. The summed E-state index contributed by atoms with van der Waals surface area (Å²) in [6, 6.07) is 8.48. The van der Waals surface area contributed by atoms with Gasteiger partial charge in [-0.25, -0.2) is 0 Å². The van der Waals surface area contributed by atoms with E-state index in [2.05, 4.69) is 53.8 Å². The van der Waals surface area contributed by atoms with Gasteiger partial charge < -0.3 is 0 Å². The van der Waals surface area contributed by atoms with Crippen molar-refractivity contribution < 1.29 is 0 Å². The fraction of sp³-hybridized carbons (Fsp3) is 0.300. The molecule has 0 spiro atoms. The minimum absolute atomic E-state index is 0.203. The third-order valence-corrected chi connectivity index (χ3v) is 6.02. The van der Waals surface area contributed by atoms with Crippen molar-refractivity contribution in [2.45, 2.75) is 11.7 Å². The molecule has 1 aromatic rings. The molecule has 1 aliphatic heterocycles. The van der Waals surface area contributed by atoms with E-state index in [9.17, 15) is 0 Å². The topological polar surface area (TPSA) is 0 Å². The van der Waals surface area contributed by atoms with Crippen molar-refractivity contribution in [3.8, 4) is 0 Å². The van der Waals surface area contributed by atoms with E-state index in [1.807, 2.05) is 11.8 Å². The Bertz CT molecular complexity index is 362. The fourth-order valence-corrected chi connectivity index (χ4v) is 4.18. The number of fused-ring (bicyclic) bond motifs is 1. The second kappa shape index (κ2) is 3.51. The molecule has 1 aromatic carbocycles. The van der Waals surface area contributed by atoms with Crippen LogP contribution in [0.25, 0.3) is 0 Å². The van der Waals surface area contributed by atoms with E-state index in [0.717, 1.165) is 8.62 Å². The zero-order chi connectivity index (χ0) is 9.47. The average Bonchev–Trinajstić information content (AvgIpc) is 2.42. The van der Waals surface area contributed by atoms with Gasteiger partial charge in [-0.05, 0) is 12.5 Å². The molecule has 0 aromatic heterocycles. The van der Waals surface area contributed by atoms with Crippen LogP contribution in [0, 0.1) is 0 Å². The first-order valence-corrected chi connectivity index (χ1v) is 6.81. The molecular weight excluding hydrogens is 311 g/mol. The van der Waals surface area contributed by atoms with Gasteiger partial charge in [0.2, 0.25) is 0 Å². The molecule has 0 fully saturated rings. The summed E-state index contributed by atoms with van der Waals surface area (Å²) in [5.41, 5.74) is 2.67. The summed E-state index contributed by atoms with van der Waals surface area (Å²) in [5.74, 6) is 0. The van der Waals surface area contributed by atoms with E-state index in [1.54, 1.807) is 0 Å². The van der Waals surface area contributed by atoms with Crippen LogP contribution in [0.15, 0.2) is 24.3 Å². The number of hydrogen-bond acceptors (Lipinski definition) is 2. The van der Waals surface area contributed by atoms with E-state index in [1.165, 1.54) is 11.1 Å². The molecule has 1 atom stereocenters. The minimum atomic E-state index is 0.203. The summed E-state index contributed by atoms with van der Waals surface area (Å²) in [6.07, 6.45) is 0. The van der Waals surface area contributed by atoms with Crippen LogP contribution in [0.4, 0.5) is 0 Å². The first-order valence-electron chi connectivity index (χ1n) is 4.06. The summed E-state index contributed by atoms with van der Waals surface area (Å²) >= 11 is 9.60. The zero-order valence-corrected chi connectivity index (χ0v) is 11.0. The molecule has 1 aliphatic rings. The molecular formula is C10H9IS2. The number of thiocarbonyl (C=S) groups is 1. The molecule has 0 aliphatic carbocycles. The Morgan fingerprint density at radius 1 is 1.46 bits per heavy atom. The predicted octanol–water partition coefficient (Wildman–Crippen LogP) is 3.76. The smallest absolute Gasteiger partial charge is 0.0790 e. The van der Waals surface area contributed by atoms with E-state index in [-0.39, 0.29) is 4.75 Å². The van der Waals surface area contributed by atoms with E-state index in [0.29, 0.717) is 0 Å². The Balaban J connectivity index is 2.59. The molecule has 13 heavy (non-hydrogen) atoms. The number of alkyl halides is 1. The highest BCUT2D eigenvalue weighted by Gasteiger charge is 2.36. The maximum absolute atomic E-state index is 5.35. The Morgan fingerprint density at radius 2 is 2.15 bits per heavy atom. The van der Waals surface area contributed by atoms with Crippen molar-refractivity contribution >= 4 is 50.8 Å². The van der Waals surface area contributed by atoms with Gasteiger partial charge in [-0.15, -0.1) is 11.8 Å². The second-order valence-electron chi connectivity index (χ2n) is 3.30. The number of benzene rings is 1. The van der Waals surface area contributed by atoms with Gasteiger partial charge in [0.15, 0.2) is 0 Å². The SMILES string of the molecule is CC1(CI)SC(=S)c2ccccc21. The van der Waals surface area contributed by atoms with Crippen molar-refractivity contribution in [2.24, 2.45) is 0 Å². The van der Waals surface area contributed by atoms with Gasteiger partial charge in [0.05, 0.1) is 8.94 Å². The average molecular weight is 320 g/mol. The van der Waals surface area contributed by atoms with Gasteiger partial charge in [-0.3, -0.25) is 0 Å². The highest BCUT2D eigenvalue weighted by atomic mass is 127. The predicted molar refractivity (Wildman–Crippen MR) is 72.0 cm³/mol. The van der Waals surface area contributed by atoms with Gasteiger partial charge in [0, 0.05) is 9.99 Å². The van der Waals surface area contributed by atoms with Crippen LogP contribution in [-0.2, 0) is 4.75 Å². The lowest BCUT2D eigenvalue weighted by Crippen LogP contribution is -2.15. The lowest BCUT2D eigenvalue weighted by atomic mass is 9.98. The van der Waals surface area contributed by atoms with Gasteiger partial charge >= 0.3 is 0 Å². The highest BCUT2D eigenvalue weighted by molar-refractivity contribution is 14.1. The Kier molecular flexibility index (Phi) is 2.68. The molecule has 0 saturated heterocycles. The van der Waals surface area contributed by atoms with Crippen LogP contribution < -0.4 is 0 Å². The maximum atomic E-state index is 5.35. The molecule has 0 saturated carbocycles. The van der Waals surface area contributed by atoms with Gasteiger partial charge in [-0.2, -0.15) is 0 Å².